The van der Waals surface area contributed by atoms with Crippen LogP contribution in [-0.2, 0) is 25.8 Å². The third-order valence-corrected chi connectivity index (χ3v) is 10.1. The molecule has 1 amide bonds. The topological polar surface area (TPSA) is 114 Å². The van der Waals surface area contributed by atoms with Gasteiger partial charge in [0.25, 0.3) is 5.91 Å². The molecule has 4 aromatic carbocycles. The number of aliphatic hydroxyl groups excluding tert-OH is 1. The zero-order valence-electron chi connectivity index (χ0n) is 25.3. The molecule has 0 fully saturated rings. The molecule has 10 heteroatoms. The van der Waals surface area contributed by atoms with E-state index in [1.807, 2.05) is 54.6 Å². The van der Waals surface area contributed by atoms with Crippen LogP contribution in [0.5, 0.6) is 5.75 Å². The van der Waals surface area contributed by atoms with Gasteiger partial charge in [0.05, 0.1) is 17.3 Å². The van der Waals surface area contributed by atoms with Gasteiger partial charge in [0.2, 0.25) is 5.90 Å². The number of sulfone groups is 1. The number of benzene rings is 4. The molecule has 0 unspecified atom stereocenters. The van der Waals surface area contributed by atoms with Gasteiger partial charge in [-0.3, -0.25) is 4.79 Å². The van der Waals surface area contributed by atoms with Gasteiger partial charge in [-0.1, -0.05) is 76.6 Å². The predicted octanol–water partition coefficient (Wildman–Crippen LogP) is 6.08. The summed E-state index contributed by atoms with van der Waals surface area (Å²) in [7, 11) is -3.74. The third kappa shape index (κ3) is 8.23. The van der Waals surface area contributed by atoms with E-state index in [2.05, 4.69) is 21.2 Å². The highest BCUT2D eigenvalue weighted by Gasteiger charge is 2.53. The number of nitrogens with zero attached hydrogens (tertiary/aromatic N) is 1. The summed E-state index contributed by atoms with van der Waals surface area (Å²) in [6.07, 6.45) is 1.02. The molecule has 1 aliphatic rings. The van der Waals surface area contributed by atoms with Crippen LogP contribution in [0.4, 0.5) is 0 Å². The second kappa shape index (κ2) is 15.5. The average molecular weight is 706 g/mol. The fraction of sp³-hybridized carbons (Fsp3) is 0.278. The van der Waals surface area contributed by atoms with Gasteiger partial charge in [0, 0.05) is 36.0 Å². The summed E-state index contributed by atoms with van der Waals surface area (Å²) in [5, 5.41) is 12.1. The summed E-state index contributed by atoms with van der Waals surface area (Å²) < 4.78 is 40.0. The standard InChI is InChI=1S/C36H37BrN2O6S/c37-30-18-14-28(15-19-30)33-36(22-26-46(42,43)32-12-5-2-6-13-32,35(41)38-23-7-11-27-9-3-1-4-10-27)39-34(45-33)29-16-20-31(21-17-29)44-25-8-24-40/h1-6,9-10,12-21,33,40H,7-8,11,22-26H2,(H,38,41)/t33-,36-/m1/s1. The van der Waals surface area contributed by atoms with E-state index in [4.69, 9.17) is 19.6 Å². The van der Waals surface area contributed by atoms with E-state index in [-0.39, 0.29) is 29.6 Å². The number of amides is 1. The van der Waals surface area contributed by atoms with Crippen LogP contribution in [0.3, 0.4) is 0 Å². The predicted molar refractivity (Wildman–Crippen MR) is 182 cm³/mol. The van der Waals surface area contributed by atoms with E-state index >= 15 is 0 Å². The van der Waals surface area contributed by atoms with Crippen molar-refractivity contribution in [2.75, 3.05) is 25.5 Å². The number of aliphatic imine (C=N–C) groups is 1. The van der Waals surface area contributed by atoms with Crippen LogP contribution >= 0.6 is 15.9 Å². The van der Waals surface area contributed by atoms with Crippen LogP contribution in [0.2, 0.25) is 0 Å². The Hall–Kier alpha value is -3.99. The Bertz CT molecular complexity index is 1720. The van der Waals surface area contributed by atoms with Crippen LogP contribution < -0.4 is 10.1 Å². The minimum absolute atomic E-state index is 0.0383. The Labute approximate surface area is 278 Å². The van der Waals surface area contributed by atoms with E-state index in [1.54, 1.807) is 54.6 Å². The van der Waals surface area contributed by atoms with Crippen molar-refractivity contribution in [2.45, 2.75) is 42.2 Å². The third-order valence-electron chi connectivity index (χ3n) is 7.83. The number of hydrogen-bond donors (Lipinski definition) is 2. The molecule has 1 aliphatic heterocycles. The lowest BCUT2D eigenvalue weighted by molar-refractivity contribution is -0.129. The van der Waals surface area contributed by atoms with Crippen LogP contribution in [0.1, 0.15) is 42.1 Å². The molecule has 0 aromatic heterocycles. The smallest absolute Gasteiger partial charge is 0.252 e. The number of aliphatic hydroxyl groups is 1. The molecule has 5 rings (SSSR count). The van der Waals surface area contributed by atoms with Gasteiger partial charge < -0.3 is 19.9 Å². The molecule has 46 heavy (non-hydrogen) atoms. The minimum Gasteiger partial charge on any atom is -0.494 e. The second-order valence-corrected chi connectivity index (χ2v) is 14.1. The first-order chi connectivity index (χ1) is 22.3. The maximum Gasteiger partial charge on any atom is 0.252 e. The first-order valence-corrected chi connectivity index (χ1v) is 17.7. The molecule has 2 N–H and O–H groups in total. The number of hydrogen-bond acceptors (Lipinski definition) is 7. The zero-order valence-corrected chi connectivity index (χ0v) is 27.8. The molecule has 0 spiro atoms. The first kappa shape index (κ1) is 33.4. The molecule has 0 bridgehead atoms. The summed E-state index contributed by atoms with van der Waals surface area (Å²) in [4.78, 5) is 19.4. The normalized spacial score (nSPS) is 17.6. The van der Waals surface area contributed by atoms with Gasteiger partial charge >= 0.3 is 0 Å². The lowest BCUT2D eigenvalue weighted by Gasteiger charge is -2.30. The molecule has 4 aromatic rings. The molecule has 1 heterocycles. The van der Waals surface area contributed by atoms with Crippen LogP contribution in [0.25, 0.3) is 0 Å². The molecule has 2 atom stereocenters. The van der Waals surface area contributed by atoms with Crippen molar-refractivity contribution >= 4 is 37.6 Å². The van der Waals surface area contributed by atoms with Crippen LogP contribution in [-0.4, -0.2) is 56.4 Å². The quantitative estimate of drug-likeness (QED) is 0.145. The highest BCUT2D eigenvalue weighted by atomic mass is 79.9. The van der Waals surface area contributed by atoms with Crippen molar-refractivity contribution in [3.63, 3.8) is 0 Å². The largest absolute Gasteiger partial charge is 0.494 e. The molecular formula is C36H37BrN2O6S. The number of aryl methyl sites for hydroxylation is 1. The molecule has 0 radical (unpaired) electrons. The van der Waals surface area contributed by atoms with Gasteiger partial charge in [0.1, 0.15) is 5.75 Å². The van der Waals surface area contributed by atoms with Gasteiger partial charge in [-0.05, 0) is 72.5 Å². The fourth-order valence-corrected chi connectivity index (χ4v) is 6.99. The van der Waals surface area contributed by atoms with E-state index < -0.39 is 27.4 Å². The van der Waals surface area contributed by atoms with E-state index in [1.165, 1.54) is 5.56 Å². The Balaban J connectivity index is 1.48. The number of nitrogens with one attached hydrogen (secondary N) is 1. The Kier molecular flexibility index (Phi) is 11.3. The number of halogens is 1. The average Bonchev–Trinajstić information content (AvgIpc) is 3.48. The molecular weight excluding hydrogens is 668 g/mol. The van der Waals surface area contributed by atoms with Gasteiger partial charge in [-0.25, -0.2) is 13.4 Å². The Morgan fingerprint density at radius 3 is 2.26 bits per heavy atom. The summed E-state index contributed by atoms with van der Waals surface area (Å²) in [5.41, 5.74) is 0.929. The van der Waals surface area contributed by atoms with Crippen molar-refractivity contribution in [3.8, 4) is 5.75 Å². The van der Waals surface area contributed by atoms with Crippen molar-refractivity contribution in [1.82, 2.24) is 5.32 Å². The van der Waals surface area contributed by atoms with Crippen LogP contribution in [0.15, 0.2) is 124 Å². The van der Waals surface area contributed by atoms with Crippen LogP contribution in [0, 0.1) is 0 Å². The number of carbonyl (C=O) groups excluding carboxylic acids is 1. The Morgan fingerprint density at radius 1 is 0.913 bits per heavy atom. The van der Waals surface area contributed by atoms with Gasteiger partial charge in [-0.15, -0.1) is 0 Å². The second-order valence-electron chi connectivity index (χ2n) is 11.1. The van der Waals surface area contributed by atoms with E-state index in [9.17, 15) is 13.2 Å². The summed E-state index contributed by atoms with van der Waals surface area (Å²) in [6.45, 7) is 0.803. The molecule has 0 saturated carbocycles. The maximum absolute atomic E-state index is 14.3. The number of rotatable bonds is 15. The fourth-order valence-electron chi connectivity index (χ4n) is 5.34. The maximum atomic E-state index is 14.3. The van der Waals surface area contributed by atoms with Crippen molar-refractivity contribution < 1.29 is 27.8 Å². The van der Waals surface area contributed by atoms with E-state index in [0.29, 0.717) is 42.9 Å². The molecule has 0 aliphatic carbocycles. The first-order valence-electron chi connectivity index (χ1n) is 15.3. The van der Waals surface area contributed by atoms with E-state index in [0.717, 1.165) is 10.9 Å². The summed E-state index contributed by atoms with van der Waals surface area (Å²) in [6, 6.07) is 32.8. The monoisotopic (exact) mass is 704 g/mol. The van der Waals surface area contributed by atoms with Crippen molar-refractivity contribution in [2.24, 2.45) is 4.99 Å². The minimum atomic E-state index is -3.74. The SMILES string of the molecule is O=C(NCCCc1ccccc1)[C@]1(CCS(=O)(=O)c2ccccc2)N=C(c2ccc(OCCCO)cc2)O[C@@H]1c1ccc(Br)cc1. The Morgan fingerprint density at radius 2 is 1.59 bits per heavy atom. The molecule has 240 valence electrons. The van der Waals surface area contributed by atoms with Gasteiger partial charge in [0.15, 0.2) is 21.5 Å². The number of ether oxygens (including phenoxy) is 2. The highest BCUT2D eigenvalue weighted by Crippen LogP contribution is 2.43. The van der Waals surface area contributed by atoms with Crippen molar-refractivity contribution in [3.05, 3.63) is 130 Å². The lowest BCUT2D eigenvalue weighted by atomic mass is 9.85. The molecule has 8 nitrogen and oxygen atoms in total. The lowest BCUT2D eigenvalue weighted by Crippen LogP contribution is -2.49. The summed E-state index contributed by atoms with van der Waals surface area (Å²) >= 11 is 3.48. The van der Waals surface area contributed by atoms with Gasteiger partial charge in [-0.2, -0.15) is 0 Å². The van der Waals surface area contributed by atoms with Crippen molar-refractivity contribution in [1.29, 1.82) is 0 Å². The molecule has 0 saturated heterocycles. The number of carbonyl (C=O) groups is 1. The highest BCUT2D eigenvalue weighted by molar-refractivity contribution is 9.10. The zero-order chi connectivity index (χ0) is 32.4. The summed E-state index contributed by atoms with van der Waals surface area (Å²) in [5.74, 6) is 0.165.